The van der Waals surface area contributed by atoms with Gasteiger partial charge in [0.25, 0.3) is 0 Å². The lowest BCUT2D eigenvalue weighted by atomic mass is 10.1. The first kappa shape index (κ1) is 21.6. The number of carbonyl (C=O) groups is 3. The van der Waals surface area contributed by atoms with Gasteiger partial charge in [0, 0.05) is 24.3 Å². The number of aryl methyl sites for hydroxylation is 2. The number of unbranched alkanes of at least 4 members (excludes halogenated alkanes) is 1. The monoisotopic (exact) mass is 408 g/mol. The Morgan fingerprint density at radius 3 is 2.40 bits per heavy atom. The Hall–Kier alpha value is -3.15. The predicted octanol–water partition coefficient (Wildman–Crippen LogP) is 4.25. The van der Waals surface area contributed by atoms with Gasteiger partial charge in [-0.05, 0) is 55.7 Å². The quantitative estimate of drug-likeness (QED) is 0.549. The largest absolute Gasteiger partial charge is 0.462 e. The Balaban J connectivity index is 1.61. The minimum atomic E-state index is -0.421. The normalized spacial score (nSPS) is 15.9. The molecule has 6 heteroatoms. The van der Waals surface area contributed by atoms with Crippen molar-refractivity contribution in [3.05, 3.63) is 59.2 Å². The summed E-state index contributed by atoms with van der Waals surface area (Å²) in [4.78, 5) is 39.0. The second-order valence-corrected chi connectivity index (χ2v) is 7.70. The van der Waals surface area contributed by atoms with Crippen LogP contribution in [0, 0.1) is 19.8 Å². The minimum Gasteiger partial charge on any atom is -0.462 e. The lowest BCUT2D eigenvalue weighted by molar-refractivity contribution is -0.122. The van der Waals surface area contributed by atoms with E-state index in [2.05, 4.69) is 5.32 Å². The molecule has 30 heavy (non-hydrogen) atoms. The molecule has 0 bridgehead atoms. The standard InChI is InChI=1S/C24H28N2O4/c1-4-5-13-30-24(29)18-9-11-20(12-10-18)25-23(28)19-14-21(27)26(15-19)22-16(2)7-6-8-17(22)3/h6-12,19H,4-5,13-15H2,1-3H3,(H,25,28)/t19-/m0/s1. The van der Waals surface area contributed by atoms with Crippen LogP contribution >= 0.6 is 0 Å². The van der Waals surface area contributed by atoms with Gasteiger partial charge in [0.15, 0.2) is 0 Å². The van der Waals surface area contributed by atoms with Crippen molar-refractivity contribution in [3.8, 4) is 0 Å². The van der Waals surface area contributed by atoms with Gasteiger partial charge in [0.1, 0.15) is 0 Å². The van der Waals surface area contributed by atoms with E-state index in [-0.39, 0.29) is 24.2 Å². The van der Waals surface area contributed by atoms with Crippen LogP contribution in [0.3, 0.4) is 0 Å². The van der Waals surface area contributed by atoms with Gasteiger partial charge in [-0.15, -0.1) is 0 Å². The first-order valence-corrected chi connectivity index (χ1v) is 10.3. The summed E-state index contributed by atoms with van der Waals surface area (Å²) in [6, 6.07) is 12.5. The third-order valence-electron chi connectivity index (χ3n) is 5.32. The molecule has 2 aromatic rings. The predicted molar refractivity (Wildman–Crippen MR) is 117 cm³/mol. The lowest BCUT2D eigenvalue weighted by Crippen LogP contribution is -2.29. The molecule has 1 fully saturated rings. The summed E-state index contributed by atoms with van der Waals surface area (Å²) in [5.74, 6) is -1.03. The van der Waals surface area contributed by atoms with Crippen LogP contribution in [0.15, 0.2) is 42.5 Å². The molecule has 1 atom stereocenters. The Morgan fingerprint density at radius 2 is 1.77 bits per heavy atom. The molecule has 1 aliphatic rings. The summed E-state index contributed by atoms with van der Waals surface area (Å²) in [6.07, 6.45) is 1.98. The number of nitrogens with zero attached hydrogens (tertiary/aromatic N) is 1. The summed E-state index contributed by atoms with van der Waals surface area (Å²) in [7, 11) is 0. The average Bonchev–Trinajstić information content (AvgIpc) is 3.10. The third-order valence-corrected chi connectivity index (χ3v) is 5.32. The van der Waals surface area contributed by atoms with Gasteiger partial charge in [0.2, 0.25) is 11.8 Å². The number of ether oxygens (including phenoxy) is 1. The molecule has 1 N–H and O–H groups in total. The zero-order valence-electron chi connectivity index (χ0n) is 17.7. The molecule has 6 nitrogen and oxygen atoms in total. The molecular weight excluding hydrogens is 380 g/mol. The van der Waals surface area contributed by atoms with Crippen molar-refractivity contribution in [3.63, 3.8) is 0 Å². The molecule has 0 aromatic heterocycles. The second kappa shape index (κ2) is 9.57. The minimum absolute atomic E-state index is 0.0438. The zero-order valence-corrected chi connectivity index (χ0v) is 17.7. The number of anilines is 2. The van der Waals surface area contributed by atoms with Crippen molar-refractivity contribution in [1.29, 1.82) is 0 Å². The first-order valence-electron chi connectivity index (χ1n) is 10.3. The van der Waals surface area contributed by atoms with Crippen molar-refractivity contribution in [2.24, 2.45) is 5.92 Å². The maximum Gasteiger partial charge on any atom is 0.338 e. The Labute approximate surface area is 177 Å². The Kier molecular flexibility index (Phi) is 6.87. The van der Waals surface area contributed by atoms with E-state index in [4.69, 9.17) is 4.74 Å². The van der Waals surface area contributed by atoms with Crippen LogP contribution < -0.4 is 10.2 Å². The van der Waals surface area contributed by atoms with Crippen molar-refractivity contribution >= 4 is 29.2 Å². The van der Waals surface area contributed by atoms with Crippen LogP contribution in [0.25, 0.3) is 0 Å². The molecule has 2 amide bonds. The summed E-state index contributed by atoms with van der Waals surface area (Å²) in [5, 5.41) is 2.85. The molecule has 0 spiro atoms. The van der Waals surface area contributed by atoms with Gasteiger partial charge >= 0.3 is 5.97 Å². The van der Waals surface area contributed by atoms with Crippen molar-refractivity contribution in [1.82, 2.24) is 0 Å². The smallest absolute Gasteiger partial charge is 0.338 e. The fourth-order valence-corrected chi connectivity index (χ4v) is 3.66. The maximum absolute atomic E-state index is 12.7. The average molecular weight is 408 g/mol. The molecule has 158 valence electrons. The van der Waals surface area contributed by atoms with E-state index >= 15 is 0 Å². The fraction of sp³-hybridized carbons (Fsp3) is 0.375. The molecular formula is C24H28N2O4. The zero-order chi connectivity index (χ0) is 21.7. The Bertz CT molecular complexity index is 916. The highest BCUT2D eigenvalue weighted by Crippen LogP contribution is 2.31. The molecule has 0 radical (unpaired) electrons. The number of benzene rings is 2. The van der Waals surface area contributed by atoms with Crippen molar-refractivity contribution in [2.75, 3.05) is 23.4 Å². The van der Waals surface area contributed by atoms with E-state index in [1.165, 1.54) is 0 Å². The summed E-state index contributed by atoms with van der Waals surface area (Å²) < 4.78 is 5.19. The molecule has 1 aliphatic heterocycles. The van der Waals surface area contributed by atoms with E-state index in [0.29, 0.717) is 24.4 Å². The van der Waals surface area contributed by atoms with E-state index in [1.54, 1.807) is 29.2 Å². The summed E-state index contributed by atoms with van der Waals surface area (Å²) >= 11 is 0. The van der Waals surface area contributed by atoms with Crippen LogP contribution in [0.2, 0.25) is 0 Å². The van der Waals surface area contributed by atoms with Crippen LogP contribution in [-0.2, 0) is 14.3 Å². The molecule has 0 saturated carbocycles. The lowest BCUT2D eigenvalue weighted by Gasteiger charge is -2.21. The van der Waals surface area contributed by atoms with Gasteiger partial charge in [-0.2, -0.15) is 0 Å². The maximum atomic E-state index is 12.7. The van der Waals surface area contributed by atoms with E-state index in [9.17, 15) is 14.4 Å². The molecule has 0 unspecified atom stereocenters. The number of hydrogen-bond acceptors (Lipinski definition) is 4. The molecule has 1 saturated heterocycles. The van der Waals surface area contributed by atoms with Gasteiger partial charge < -0.3 is 15.0 Å². The number of amides is 2. The summed E-state index contributed by atoms with van der Waals surface area (Å²) in [5.41, 5.74) is 3.96. The summed E-state index contributed by atoms with van der Waals surface area (Å²) in [6.45, 7) is 6.73. The Morgan fingerprint density at radius 1 is 1.10 bits per heavy atom. The van der Waals surface area contributed by atoms with Crippen molar-refractivity contribution < 1.29 is 19.1 Å². The molecule has 1 heterocycles. The molecule has 3 rings (SSSR count). The first-order chi connectivity index (χ1) is 14.4. The second-order valence-electron chi connectivity index (χ2n) is 7.70. The highest BCUT2D eigenvalue weighted by molar-refractivity contribution is 6.04. The number of esters is 1. The topological polar surface area (TPSA) is 75.7 Å². The molecule has 2 aromatic carbocycles. The van der Waals surface area contributed by atoms with Gasteiger partial charge in [-0.3, -0.25) is 9.59 Å². The number of rotatable bonds is 7. The number of nitrogens with one attached hydrogen (secondary N) is 1. The van der Waals surface area contributed by atoms with Crippen LogP contribution in [0.4, 0.5) is 11.4 Å². The molecule has 0 aliphatic carbocycles. The van der Waals surface area contributed by atoms with Gasteiger partial charge in [0.05, 0.1) is 18.1 Å². The van der Waals surface area contributed by atoms with Crippen LogP contribution in [0.5, 0.6) is 0 Å². The van der Waals surface area contributed by atoms with Gasteiger partial charge in [-0.25, -0.2) is 4.79 Å². The SMILES string of the molecule is CCCCOC(=O)c1ccc(NC(=O)[C@H]2CC(=O)N(c3c(C)cccc3C)C2)cc1. The highest BCUT2D eigenvalue weighted by atomic mass is 16.5. The number of carbonyl (C=O) groups excluding carboxylic acids is 3. The van der Waals surface area contributed by atoms with Crippen LogP contribution in [-0.4, -0.2) is 30.9 Å². The number of hydrogen-bond donors (Lipinski definition) is 1. The van der Waals surface area contributed by atoms with Gasteiger partial charge in [-0.1, -0.05) is 31.5 Å². The van der Waals surface area contributed by atoms with E-state index in [1.807, 2.05) is 39.0 Å². The van der Waals surface area contributed by atoms with Crippen molar-refractivity contribution in [2.45, 2.75) is 40.0 Å². The highest BCUT2D eigenvalue weighted by Gasteiger charge is 2.36. The third kappa shape index (κ3) is 4.87. The fourth-order valence-electron chi connectivity index (χ4n) is 3.66. The van der Waals surface area contributed by atoms with E-state index < -0.39 is 5.92 Å². The van der Waals surface area contributed by atoms with E-state index in [0.717, 1.165) is 29.7 Å². The number of para-hydroxylation sites is 1. The van der Waals surface area contributed by atoms with Crippen LogP contribution in [0.1, 0.15) is 47.7 Å².